The Labute approximate surface area is 114 Å². The monoisotopic (exact) mass is 259 g/mol. The number of ether oxygens (including phenoxy) is 1. The van der Waals surface area contributed by atoms with Gasteiger partial charge in [0.25, 0.3) is 0 Å². The second-order valence-corrected chi connectivity index (χ2v) is 6.44. The van der Waals surface area contributed by atoms with Crippen molar-refractivity contribution in [1.82, 2.24) is 0 Å². The van der Waals surface area contributed by atoms with E-state index in [1.54, 1.807) is 6.21 Å². The van der Waals surface area contributed by atoms with Gasteiger partial charge < -0.3 is 9.94 Å². The van der Waals surface area contributed by atoms with Crippen LogP contribution < -0.4 is 0 Å². The van der Waals surface area contributed by atoms with E-state index in [0.717, 1.165) is 24.8 Å². The normalized spacial score (nSPS) is 24.4. The van der Waals surface area contributed by atoms with Crippen LogP contribution in [0.1, 0.15) is 44.2 Å². The average molecular weight is 259 g/mol. The van der Waals surface area contributed by atoms with E-state index in [4.69, 9.17) is 4.74 Å². The number of hydrogen-bond donors (Lipinski definition) is 0. The van der Waals surface area contributed by atoms with E-state index < -0.39 is 0 Å². The lowest BCUT2D eigenvalue weighted by molar-refractivity contribution is -0.556. The van der Waals surface area contributed by atoms with Crippen molar-refractivity contribution in [2.75, 3.05) is 13.2 Å². The molecule has 19 heavy (non-hydrogen) atoms. The second kappa shape index (κ2) is 4.34. The summed E-state index contributed by atoms with van der Waals surface area (Å²) in [7, 11) is 0. The van der Waals surface area contributed by atoms with Crippen LogP contribution in [0.2, 0.25) is 0 Å². The maximum Gasteiger partial charge on any atom is 0.182 e. The zero-order valence-corrected chi connectivity index (χ0v) is 11.7. The van der Waals surface area contributed by atoms with E-state index in [1.807, 2.05) is 12.1 Å². The van der Waals surface area contributed by atoms with E-state index in [2.05, 4.69) is 26.0 Å². The van der Waals surface area contributed by atoms with Gasteiger partial charge in [-0.05, 0) is 17.0 Å². The Bertz CT molecular complexity index is 513. The van der Waals surface area contributed by atoms with Crippen LogP contribution in [0.3, 0.4) is 0 Å². The van der Waals surface area contributed by atoms with Crippen LogP contribution in [0.5, 0.6) is 0 Å². The minimum atomic E-state index is -0.291. The Morgan fingerprint density at radius 3 is 2.58 bits per heavy atom. The van der Waals surface area contributed by atoms with Gasteiger partial charge >= 0.3 is 0 Å². The lowest BCUT2D eigenvalue weighted by Gasteiger charge is -2.38. The van der Waals surface area contributed by atoms with Crippen molar-refractivity contribution in [3.63, 3.8) is 0 Å². The molecule has 1 fully saturated rings. The van der Waals surface area contributed by atoms with Gasteiger partial charge in [0.05, 0.1) is 13.2 Å². The minimum absolute atomic E-state index is 0.0175. The minimum Gasteiger partial charge on any atom is -0.623 e. The van der Waals surface area contributed by atoms with Gasteiger partial charge in [-0.2, -0.15) is 0 Å². The predicted octanol–water partition coefficient (Wildman–Crippen LogP) is 2.85. The molecule has 0 N–H and O–H groups in total. The molecule has 1 aromatic rings. The van der Waals surface area contributed by atoms with Gasteiger partial charge in [-0.15, -0.1) is 0 Å². The molecule has 1 saturated heterocycles. The van der Waals surface area contributed by atoms with E-state index in [-0.39, 0.29) is 11.0 Å². The summed E-state index contributed by atoms with van der Waals surface area (Å²) in [6, 6.07) is 8.26. The second-order valence-electron chi connectivity index (χ2n) is 6.44. The van der Waals surface area contributed by atoms with E-state index in [9.17, 15) is 5.21 Å². The fraction of sp³-hybridized carbons (Fsp3) is 0.562. The quantitative estimate of drug-likeness (QED) is 0.530. The summed E-state index contributed by atoms with van der Waals surface area (Å²) in [5, 5.41) is 12.6. The maximum absolute atomic E-state index is 12.6. The van der Waals surface area contributed by atoms with E-state index >= 15 is 0 Å². The largest absolute Gasteiger partial charge is 0.623 e. The van der Waals surface area contributed by atoms with Gasteiger partial charge in [0.15, 0.2) is 11.8 Å². The molecule has 1 spiro atoms. The van der Waals surface area contributed by atoms with Crippen LogP contribution in [0, 0.1) is 5.21 Å². The first-order valence-corrected chi connectivity index (χ1v) is 7.02. The fourth-order valence-electron chi connectivity index (χ4n) is 3.63. The zero-order valence-electron chi connectivity index (χ0n) is 11.7. The SMILES string of the molecule is CC1(C)CC2(CCOCC2)[N+]([O-])=Cc2ccccc21. The summed E-state index contributed by atoms with van der Waals surface area (Å²) in [6.45, 7) is 5.88. The van der Waals surface area contributed by atoms with Gasteiger partial charge in [0, 0.05) is 24.8 Å². The number of rotatable bonds is 0. The van der Waals surface area contributed by atoms with Crippen molar-refractivity contribution in [1.29, 1.82) is 0 Å². The van der Waals surface area contributed by atoms with Crippen LogP contribution in [0.4, 0.5) is 0 Å². The Balaban J connectivity index is 2.11. The lowest BCUT2D eigenvalue weighted by Crippen LogP contribution is -2.47. The van der Waals surface area contributed by atoms with Crippen LogP contribution in [-0.2, 0) is 10.2 Å². The highest BCUT2D eigenvalue weighted by atomic mass is 16.5. The summed E-state index contributed by atoms with van der Waals surface area (Å²) in [5.74, 6) is 0. The first kappa shape index (κ1) is 12.7. The van der Waals surface area contributed by atoms with Gasteiger partial charge in [0.2, 0.25) is 0 Å². The standard InChI is InChI=1S/C16H21NO2/c1-15(2)12-16(7-9-19-10-8-16)17(18)11-13-5-3-4-6-14(13)15/h3-6,11H,7-10,12H2,1-2H3. The summed E-state index contributed by atoms with van der Waals surface area (Å²) in [5.41, 5.74) is 2.06. The van der Waals surface area contributed by atoms with E-state index in [1.165, 1.54) is 10.3 Å². The van der Waals surface area contributed by atoms with Crippen LogP contribution in [0.15, 0.2) is 24.3 Å². The number of fused-ring (bicyclic) bond motifs is 1. The first-order valence-electron chi connectivity index (χ1n) is 7.02. The molecular weight excluding hydrogens is 238 g/mol. The molecule has 0 unspecified atom stereocenters. The van der Waals surface area contributed by atoms with Crippen molar-refractivity contribution in [3.8, 4) is 0 Å². The zero-order chi connectivity index (χ0) is 13.5. The van der Waals surface area contributed by atoms with Crippen LogP contribution in [-0.4, -0.2) is 29.7 Å². The number of benzene rings is 1. The van der Waals surface area contributed by atoms with Crippen molar-refractivity contribution in [3.05, 3.63) is 40.6 Å². The first-order chi connectivity index (χ1) is 9.04. The number of hydrogen-bond acceptors (Lipinski definition) is 2. The fourth-order valence-corrected chi connectivity index (χ4v) is 3.63. The highest BCUT2D eigenvalue weighted by Gasteiger charge is 2.47. The predicted molar refractivity (Wildman–Crippen MR) is 75.7 cm³/mol. The van der Waals surface area contributed by atoms with Gasteiger partial charge in [-0.1, -0.05) is 32.0 Å². The molecule has 0 atom stereocenters. The topological polar surface area (TPSA) is 35.3 Å². The molecule has 2 aliphatic rings. The smallest absolute Gasteiger partial charge is 0.182 e. The molecule has 0 saturated carbocycles. The third kappa shape index (κ3) is 2.06. The average Bonchev–Trinajstić information content (AvgIpc) is 2.46. The molecule has 0 amide bonds. The van der Waals surface area contributed by atoms with Crippen LogP contribution >= 0.6 is 0 Å². The molecule has 0 aromatic heterocycles. The Kier molecular flexibility index (Phi) is 2.90. The molecule has 2 heterocycles. The molecule has 0 bridgehead atoms. The number of hydroxylamine groups is 1. The molecule has 102 valence electrons. The van der Waals surface area contributed by atoms with Crippen molar-refractivity contribution < 1.29 is 9.48 Å². The van der Waals surface area contributed by atoms with Gasteiger partial charge in [-0.25, -0.2) is 4.74 Å². The number of nitrogens with zero attached hydrogens (tertiary/aromatic N) is 1. The van der Waals surface area contributed by atoms with E-state index in [0.29, 0.717) is 13.2 Å². The van der Waals surface area contributed by atoms with Gasteiger partial charge in [0.1, 0.15) is 0 Å². The molecular formula is C16H21NO2. The Morgan fingerprint density at radius 2 is 1.84 bits per heavy atom. The summed E-state index contributed by atoms with van der Waals surface area (Å²) >= 11 is 0. The molecule has 3 heteroatoms. The highest BCUT2D eigenvalue weighted by molar-refractivity contribution is 5.79. The molecule has 0 aliphatic carbocycles. The molecule has 3 nitrogen and oxygen atoms in total. The lowest BCUT2D eigenvalue weighted by atomic mass is 9.71. The van der Waals surface area contributed by atoms with Crippen molar-refractivity contribution in [2.45, 2.75) is 44.1 Å². The highest BCUT2D eigenvalue weighted by Crippen LogP contribution is 2.41. The third-order valence-corrected chi connectivity index (χ3v) is 4.61. The third-order valence-electron chi connectivity index (χ3n) is 4.61. The summed E-state index contributed by atoms with van der Waals surface area (Å²) in [6.07, 6.45) is 4.32. The summed E-state index contributed by atoms with van der Waals surface area (Å²) in [4.78, 5) is 0. The molecule has 0 radical (unpaired) electrons. The molecule has 2 aliphatic heterocycles. The van der Waals surface area contributed by atoms with Crippen molar-refractivity contribution in [2.24, 2.45) is 0 Å². The Morgan fingerprint density at radius 1 is 1.16 bits per heavy atom. The van der Waals surface area contributed by atoms with Crippen LogP contribution in [0.25, 0.3) is 0 Å². The summed E-state index contributed by atoms with van der Waals surface area (Å²) < 4.78 is 6.66. The maximum atomic E-state index is 12.6. The van der Waals surface area contributed by atoms with Gasteiger partial charge in [-0.3, -0.25) is 0 Å². The molecule has 3 rings (SSSR count). The van der Waals surface area contributed by atoms with Crippen molar-refractivity contribution >= 4 is 6.21 Å². The Hall–Kier alpha value is -1.35. The molecule has 1 aromatic carbocycles.